The molecular formula is C17H21N5O5. The molecule has 7 N–H and O–H groups in total. The number of rotatable bonds is 9. The van der Waals surface area contributed by atoms with E-state index < -0.39 is 36.3 Å². The second kappa shape index (κ2) is 9.34. The molecule has 1 atom stereocenters. The summed E-state index contributed by atoms with van der Waals surface area (Å²) in [5.74, 6) is -2.92. The zero-order chi connectivity index (χ0) is 19.8. The summed E-state index contributed by atoms with van der Waals surface area (Å²) in [5, 5.41) is 16.2. The van der Waals surface area contributed by atoms with E-state index in [0.717, 1.165) is 16.5 Å². The highest BCUT2D eigenvalue weighted by Crippen LogP contribution is 2.18. The van der Waals surface area contributed by atoms with Crippen LogP contribution in [-0.4, -0.2) is 59.5 Å². The van der Waals surface area contributed by atoms with Gasteiger partial charge in [-0.2, -0.15) is 0 Å². The first-order valence-corrected chi connectivity index (χ1v) is 8.20. The second-order valence-electron chi connectivity index (χ2n) is 5.84. The quantitative estimate of drug-likeness (QED) is 0.311. The Morgan fingerprint density at radius 2 is 1.63 bits per heavy atom. The SMILES string of the molecule is NC(Cc1c[nH]c2ccccc12)C(=O)NCC(=O)NCC(=O)NCC(=O)O. The van der Waals surface area contributed by atoms with Gasteiger partial charge in [-0.05, 0) is 18.1 Å². The van der Waals surface area contributed by atoms with E-state index in [1.54, 1.807) is 6.20 Å². The Morgan fingerprint density at radius 3 is 2.33 bits per heavy atom. The first-order valence-electron chi connectivity index (χ1n) is 8.20. The maximum atomic E-state index is 12.1. The predicted octanol–water partition coefficient (Wildman–Crippen LogP) is -1.53. The van der Waals surface area contributed by atoms with Crippen molar-refractivity contribution < 1.29 is 24.3 Å². The molecule has 144 valence electrons. The molecule has 2 rings (SSSR count). The summed E-state index contributed by atoms with van der Waals surface area (Å²) < 4.78 is 0. The number of aromatic nitrogens is 1. The summed E-state index contributed by atoms with van der Waals surface area (Å²) in [7, 11) is 0. The van der Waals surface area contributed by atoms with Crippen molar-refractivity contribution in [1.82, 2.24) is 20.9 Å². The zero-order valence-electron chi connectivity index (χ0n) is 14.5. The molecule has 1 aromatic carbocycles. The van der Waals surface area contributed by atoms with E-state index in [-0.39, 0.29) is 13.1 Å². The minimum Gasteiger partial charge on any atom is -0.480 e. The molecule has 10 heteroatoms. The fourth-order valence-corrected chi connectivity index (χ4v) is 2.41. The van der Waals surface area contributed by atoms with Crippen LogP contribution in [0.1, 0.15) is 5.56 Å². The van der Waals surface area contributed by atoms with Crippen molar-refractivity contribution in [3.63, 3.8) is 0 Å². The molecule has 0 aliphatic heterocycles. The Kier molecular flexibility index (Phi) is 6.89. The number of para-hydroxylation sites is 1. The average Bonchev–Trinajstić information content (AvgIpc) is 3.05. The van der Waals surface area contributed by atoms with E-state index in [9.17, 15) is 19.2 Å². The molecule has 0 aliphatic rings. The number of carboxylic acids is 1. The van der Waals surface area contributed by atoms with E-state index in [4.69, 9.17) is 10.8 Å². The molecule has 0 saturated heterocycles. The van der Waals surface area contributed by atoms with Gasteiger partial charge in [0.1, 0.15) is 6.54 Å². The third kappa shape index (κ3) is 6.12. The molecule has 2 aromatic rings. The molecule has 10 nitrogen and oxygen atoms in total. The number of fused-ring (bicyclic) bond motifs is 1. The number of carboxylic acid groups (broad SMARTS) is 1. The van der Waals surface area contributed by atoms with Crippen LogP contribution in [0.25, 0.3) is 10.9 Å². The largest absolute Gasteiger partial charge is 0.480 e. The van der Waals surface area contributed by atoms with Gasteiger partial charge in [0.15, 0.2) is 0 Å². The van der Waals surface area contributed by atoms with Crippen molar-refractivity contribution in [3.05, 3.63) is 36.0 Å². The molecule has 1 heterocycles. The number of carbonyl (C=O) groups excluding carboxylic acids is 3. The summed E-state index contributed by atoms with van der Waals surface area (Å²) in [4.78, 5) is 48.4. The van der Waals surface area contributed by atoms with E-state index in [0.29, 0.717) is 6.42 Å². The zero-order valence-corrected chi connectivity index (χ0v) is 14.5. The molecule has 0 bridgehead atoms. The maximum Gasteiger partial charge on any atom is 0.322 e. The number of H-pyrrole nitrogens is 1. The Bertz CT molecular complexity index is 847. The van der Waals surface area contributed by atoms with Gasteiger partial charge in [0.25, 0.3) is 0 Å². The molecule has 1 unspecified atom stereocenters. The van der Waals surface area contributed by atoms with Crippen LogP contribution in [-0.2, 0) is 25.6 Å². The number of carbonyl (C=O) groups is 4. The van der Waals surface area contributed by atoms with Crippen molar-refractivity contribution in [2.24, 2.45) is 5.73 Å². The molecule has 0 fully saturated rings. The van der Waals surface area contributed by atoms with Gasteiger partial charge in [0.05, 0.1) is 19.1 Å². The van der Waals surface area contributed by atoms with E-state index in [1.807, 2.05) is 24.3 Å². The molecule has 0 spiro atoms. The lowest BCUT2D eigenvalue weighted by atomic mass is 10.1. The normalized spacial score (nSPS) is 11.6. The maximum absolute atomic E-state index is 12.1. The Balaban J connectivity index is 1.73. The third-order valence-electron chi connectivity index (χ3n) is 3.76. The molecular weight excluding hydrogens is 354 g/mol. The fourth-order valence-electron chi connectivity index (χ4n) is 2.41. The molecule has 0 aliphatic carbocycles. The monoisotopic (exact) mass is 375 g/mol. The summed E-state index contributed by atoms with van der Waals surface area (Å²) >= 11 is 0. The van der Waals surface area contributed by atoms with Gasteiger partial charge in [-0.1, -0.05) is 18.2 Å². The Morgan fingerprint density at radius 1 is 1.00 bits per heavy atom. The van der Waals surface area contributed by atoms with Gasteiger partial charge in [0, 0.05) is 17.1 Å². The number of aliphatic carboxylic acids is 1. The van der Waals surface area contributed by atoms with E-state index in [1.165, 1.54) is 0 Å². The van der Waals surface area contributed by atoms with E-state index in [2.05, 4.69) is 20.9 Å². The first-order chi connectivity index (χ1) is 12.9. The van der Waals surface area contributed by atoms with Crippen LogP contribution in [0.5, 0.6) is 0 Å². The second-order valence-corrected chi connectivity index (χ2v) is 5.84. The smallest absolute Gasteiger partial charge is 0.322 e. The number of aromatic amines is 1. The van der Waals surface area contributed by atoms with Crippen LogP contribution in [0.2, 0.25) is 0 Å². The summed E-state index contributed by atoms with van der Waals surface area (Å²) in [6.45, 7) is -1.26. The Labute approximate surface area is 154 Å². The van der Waals surface area contributed by atoms with Gasteiger partial charge in [-0.25, -0.2) is 0 Å². The summed E-state index contributed by atoms with van der Waals surface area (Å²) in [6, 6.07) is 6.80. The number of amides is 3. The molecule has 0 saturated carbocycles. The highest BCUT2D eigenvalue weighted by Gasteiger charge is 2.17. The molecule has 1 aromatic heterocycles. The predicted molar refractivity (Wildman–Crippen MR) is 96.6 cm³/mol. The van der Waals surface area contributed by atoms with Gasteiger partial charge >= 0.3 is 5.97 Å². The highest BCUT2D eigenvalue weighted by atomic mass is 16.4. The third-order valence-corrected chi connectivity index (χ3v) is 3.76. The van der Waals surface area contributed by atoms with Crippen LogP contribution in [0.3, 0.4) is 0 Å². The van der Waals surface area contributed by atoms with Gasteiger partial charge in [-0.15, -0.1) is 0 Å². The number of nitrogens with one attached hydrogen (secondary N) is 4. The summed E-state index contributed by atoms with van der Waals surface area (Å²) in [5.41, 5.74) is 7.74. The average molecular weight is 375 g/mol. The minimum absolute atomic E-state index is 0.301. The first kappa shape index (κ1) is 19.9. The van der Waals surface area contributed by atoms with Crippen molar-refractivity contribution in [2.75, 3.05) is 19.6 Å². The topological polar surface area (TPSA) is 166 Å². The Hall–Kier alpha value is -3.40. The van der Waals surface area contributed by atoms with Crippen LogP contribution in [0.4, 0.5) is 0 Å². The van der Waals surface area contributed by atoms with Crippen molar-refractivity contribution in [1.29, 1.82) is 0 Å². The number of nitrogens with two attached hydrogens (primary N) is 1. The highest BCUT2D eigenvalue weighted by molar-refractivity contribution is 5.91. The van der Waals surface area contributed by atoms with Crippen molar-refractivity contribution in [3.8, 4) is 0 Å². The van der Waals surface area contributed by atoms with Crippen molar-refractivity contribution >= 4 is 34.6 Å². The van der Waals surface area contributed by atoms with Gasteiger partial charge < -0.3 is 31.8 Å². The minimum atomic E-state index is -1.19. The van der Waals surface area contributed by atoms with E-state index >= 15 is 0 Å². The van der Waals surface area contributed by atoms with Crippen LogP contribution in [0.15, 0.2) is 30.5 Å². The molecule has 3 amide bonds. The lowest BCUT2D eigenvalue weighted by molar-refractivity contribution is -0.137. The van der Waals surface area contributed by atoms with Crippen molar-refractivity contribution in [2.45, 2.75) is 12.5 Å². The molecule has 0 radical (unpaired) electrons. The fraction of sp³-hybridized carbons (Fsp3) is 0.294. The lowest BCUT2D eigenvalue weighted by Crippen LogP contribution is -2.47. The standard InChI is InChI=1S/C17H21N5O5/c18-12(5-10-6-19-13-4-2-1-3-11(10)13)17(27)22-8-15(24)20-7-14(23)21-9-16(25)26/h1-4,6,12,19H,5,7-9,18H2,(H,20,24)(H,21,23)(H,22,27)(H,25,26). The van der Waals surface area contributed by atoms with Crippen LogP contribution < -0.4 is 21.7 Å². The summed E-state index contributed by atoms with van der Waals surface area (Å²) in [6.07, 6.45) is 2.09. The number of hydrogen-bond donors (Lipinski definition) is 6. The number of benzene rings is 1. The lowest BCUT2D eigenvalue weighted by Gasteiger charge is -2.12. The number of hydrogen-bond acceptors (Lipinski definition) is 5. The van der Waals surface area contributed by atoms with Crippen LogP contribution >= 0.6 is 0 Å². The van der Waals surface area contributed by atoms with Gasteiger partial charge in [-0.3, -0.25) is 19.2 Å². The van der Waals surface area contributed by atoms with Gasteiger partial charge in [0.2, 0.25) is 17.7 Å². The van der Waals surface area contributed by atoms with Crippen LogP contribution in [0, 0.1) is 0 Å². The molecule has 27 heavy (non-hydrogen) atoms.